The zero-order valence-corrected chi connectivity index (χ0v) is 8.56. The molecule has 0 atom stereocenters. The number of aromatic hydroxyl groups is 1. The highest BCUT2D eigenvalue weighted by Crippen LogP contribution is 2.25. The molecule has 0 fully saturated rings. The van der Waals surface area contributed by atoms with Gasteiger partial charge in [0.25, 0.3) is 0 Å². The summed E-state index contributed by atoms with van der Waals surface area (Å²) in [4.78, 5) is 18.5. The number of nitrogens with two attached hydrogens (primary N) is 1. The molecule has 0 saturated carbocycles. The number of anilines is 1. The third-order valence-electron chi connectivity index (χ3n) is 2.18. The molecule has 6 nitrogen and oxygen atoms in total. The van der Waals surface area contributed by atoms with Crippen LogP contribution in [0, 0.1) is 6.92 Å². The topological polar surface area (TPSA) is 101 Å². The number of amides is 2. The molecule has 0 aliphatic heterocycles. The minimum absolute atomic E-state index is 0.0375. The molecule has 1 aromatic carbocycles. The van der Waals surface area contributed by atoms with Crippen molar-refractivity contribution in [3.05, 3.63) is 23.9 Å². The quantitative estimate of drug-likeness (QED) is 0.667. The van der Waals surface area contributed by atoms with Crippen molar-refractivity contribution in [2.24, 2.45) is 5.73 Å². The summed E-state index contributed by atoms with van der Waals surface area (Å²) in [6, 6.07) is 2.56. The van der Waals surface area contributed by atoms with Crippen LogP contribution in [0.15, 0.2) is 18.3 Å². The van der Waals surface area contributed by atoms with Gasteiger partial charge in [0.05, 0.1) is 0 Å². The first-order chi connectivity index (χ1) is 7.58. The number of nitrogens with one attached hydrogen (secondary N) is 1. The largest absolute Gasteiger partial charge is 0.506 e. The SMILES string of the molecule is Cc1ccc(O)c2nc(NC(N)=O)ncc12. The average molecular weight is 218 g/mol. The Morgan fingerprint density at radius 2 is 2.25 bits per heavy atom. The summed E-state index contributed by atoms with van der Waals surface area (Å²) in [5, 5.41) is 12.6. The van der Waals surface area contributed by atoms with Crippen molar-refractivity contribution in [1.82, 2.24) is 9.97 Å². The summed E-state index contributed by atoms with van der Waals surface area (Å²) in [6.07, 6.45) is 1.53. The predicted octanol–water partition coefficient (Wildman–Crippen LogP) is 1.13. The molecule has 0 aliphatic rings. The summed E-state index contributed by atoms with van der Waals surface area (Å²) in [7, 11) is 0. The number of nitrogens with zero attached hydrogens (tertiary/aromatic N) is 2. The van der Waals surface area contributed by atoms with E-state index in [0.717, 1.165) is 10.9 Å². The highest BCUT2D eigenvalue weighted by molar-refractivity contribution is 5.90. The van der Waals surface area contributed by atoms with Gasteiger partial charge in [-0.1, -0.05) is 6.07 Å². The number of aryl methyl sites for hydroxylation is 1. The number of rotatable bonds is 1. The third kappa shape index (κ3) is 1.72. The molecule has 82 valence electrons. The number of carbonyl (C=O) groups is 1. The fourth-order valence-electron chi connectivity index (χ4n) is 1.41. The average Bonchev–Trinajstić information content (AvgIpc) is 2.23. The van der Waals surface area contributed by atoms with Crippen molar-refractivity contribution in [2.45, 2.75) is 6.92 Å². The highest BCUT2D eigenvalue weighted by atomic mass is 16.3. The number of primary amides is 1. The van der Waals surface area contributed by atoms with Crippen LogP contribution in [0.5, 0.6) is 5.75 Å². The Morgan fingerprint density at radius 3 is 2.94 bits per heavy atom. The second-order valence-electron chi connectivity index (χ2n) is 3.35. The van der Waals surface area contributed by atoms with Crippen molar-refractivity contribution in [3.63, 3.8) is 0 Å². The van der Waals surface area contributed by atoms with Gasteiger partial charge in [0, 0.05) is 11.6 Å². The fraction of sp³-hybridized carbons (Fsp3) is 0.100. The van der Waals surface area contributed by atoms with Crippen LogP contribution >= 0.6 is 0 Å². The summed E-state index contributed by atoms with van der Waals surface area (Å²) in [5.41, 5.74) is 6.27. The van der Waals surface area contributed by atoms with E-state index < -0.39 is 6.03 Å². The standard InChI is InChI=1S/C10H10N4O2/c1-5-2-3-7(15)8-6(5)4-12-10(13-8)14-9(11)16/h2-4,15H,1H3,(H3,11,12,13,14,16). The Hall–Kier alpha value is -2.37. The third-order valence-corrected chi connectivity index (χ3v) is 2.18. The molecule has 0 bridgehead atoms. The van der Waals surface area contributed by atoms with Crippen LogP contribution in [-0.2, 0) is 0 Å². The molecule has 6 heteroatoms. The maximum absolute atomic E-state index is 10.6. The lowest BCUT2D eigenvalue weighted by molar-refractivity contribution is 0.259. The van der Waals surface area contributed by atoms with E-state index in [9.17, 15) is 9.90 Å². The van der Waals surface area contributed by atoms with Crippen LogP contribution in [0.3, 0.4) is 0 Å². The molecular weight excluding hydrogens is 208 g/mol. The van der Waals surface area contributed by atoms with Gasteiger partial charge in [-0.2, -0.15) is 0 Å². The van der Waals surface area contributed by atoms with Crippen molar-refractivity contribution < 1.29 is 9.90 Å². The summed E-state index contributed by atoms with van der Waals surface area (Å²) in [6.45, 7) is 1.88. The van der Waals surface area contributed by atoms with E-state index >= 15 is 0 Å². The molecule has 2 aromatic rings. The van der Waals surface area contributed by atoms with Crippen molar-refractivity contribution in [1.29, 1.82) is 0 Å². The molecule has 1 aromatic heterocycles. The van der Waals surface area contributed by atoms with Gasteiger partial charge in [0.1, 0.15) is 11.3 Å². The van der Waals surface area contributed by atoms with E-state index in [1.54, 1.807) is 12.1 Å². The second kappa shape index (κ2) is 3.65. The minimum atomic E-state index is -0.744. The Kier molecular flexibility index (Phi) is 2.32. The highest BCUT2D eigenvalue weighted by Gasteiger charge is 2.07. The van der Waals surface area contributed by atoms with Gasteiger partial charge in [0.2, 0.25) is 5.95 Å². The number of phenols is 1. The minimum Gasteiger partial charge on any atom is -0.506 e. The monoisotopic (exact) mass is 218 g/mol. The normalized spacial score (nSPS) is 10.3. The fourth-order valence-corrected chi connectivity index (χ4v) is 1.41. The maximum atomic E-state index is 10.6. The lowest BCUT2D eigenvalue weighted by Gasteiger charge is -2.05. The number of benzene rings is 1. The van der Waals surface area contributed by atoms with Gasteiger partial charge in [-0.05, 0) is 18.6 Å². The first-order valence-electron chi connectivity index (χ1n) is 4.59. The number of hydrogen-bond donors (Lipinski definition) is 3. The van der Waals surface area contributed by atoms with E-state index in [0.29, 0.717) is 5.52 Å². The molecule has 0 unspecified atom stereocenters. The van der Waals surface area contributed by atoms with Crippen LogP contribution in [0.4, 0.5) is 10.7 Å². The molecular formula is C10H10N4O2. The Labute approximate surface area is 91.1 Å². The summed E-state index contributed by atoms with van der Waals surface area (Å²) < 4.78 is 0. The Balaban J connectivity index is 2.61. The molecule has 0 spiro atoms. The first kappa shape index (κ1) is 10.2. The number of hydrogen-bond acceptors (Lipinski definition) is 4. The molecule has 0 aliphatic carbocycles. The predicted molar refractivity (Wildman–Crippen MR) is 59.1 cm³/mol. The molecule has 2 rings (SSSR count). The number of fused-ring (bicyclic) bond motifs is 1. The number of carbonyl (C=O) groups excluding carboxylic acids is 1. The lowest BCUT2D eigenvalue weighted by atomic mass is 10.1. The molecule has 4 N–H and O–H groups in total. The van der Waals surface area contributed by atoms with E-state index in [1.807, 2.05) is 6.92 Å². The zero-order valence-electron chi connectivity index (χ0n) is 8.56. The van der Waals surface area contributed by atoms with Gasteiger partial charge in [0.15, 0.2) is 0 Å². The van der Waals surface area contributed by atoms with Gasteiger partial charge < -0.3 is 10.8 Å². The van der Waals surface area contributed by atoms with E-state index in [2.05, 4.69) is 15.3 Å². The van der Waals surface area contributed by atoms with Crippen LogP contribution < -0.4 is 11.1 Å². The van der Waals surface area contributed by atoms with Gasteiger partial charge in [-0.15, -0.1) is 0 Å². The maximum Gasteiger partial charge on any atom is 0.319 e. The van der Waals surface area contributed by atoms with E-state index in [4.69, 9.17) is 5.73 Å². The molecule has 2 amide bonds. The number of urea groups is 1. The van der Waals surface area contributed by atoms with Crippen molar-refractivity contribution in [3.8, 4) is 5.75 Å². The summed E-state index contributed by atoms with van der Waals surface area (Å²) >= 11 is 0. The molecule has 0 saturated heterocycles. The van der Waals surface area contributed by atoms with Crippen molar-refractivity contribution >= 4 is 22.9 Å². The molecule has 1 heterocycles. The Bertz CT molecular complexity index is 568. The number of aromatic nitrogens is 2. The van der Waals surface area contributed by atoms with Gasteiger partial charge >= 0.3 is 6.03 Å². The zero-order chi connectivity index (χ0) is 11.7. The van der Waals surface area contributed by atoms with E-state index in [-0.39, 0.29) is 11.7 Å². The number of phenolic OH excluding ortho intramolecular Hbond substituents is 1. The smallest absolute Gasteiger partial charge is 0.319 e. The van der Waals surface area contributed by atoms with Gasteiger partial charge in [-0.3, -0.25) is 5.32 Å². The molecule has 16 heavy (non-hydrogen) atoms. The van der Waals surface area contributed by atoms with Crippen LogP contribution in [0.2, 0.25) is 0 Å². The second-order valence-corrected chi connectivity index (χ2v) is 3.35. The summed E-state index contributed by atoms with van der Waals surface area (Å²) in [5.74, 6) is 0.108. The lowest BCUT2D eigenvalue weighted by Crippen LogP contribution is -2.20. The van der Waals surface area contributed by atoms with Crippen LogP contribution in [0.25, 0.3) is 10.9 Å². The van der Waals surface area contributed by atoms with Gasteiger partial charge in [-0.25, -0.2) is 14.8 Å². The molecule has 0 radical (unpaired) electrons. The Morgan fingerprint density at radius 1 is 1.50 bits per heavy atom. The van der Waals surface area contributed by atoms with E-state index in [1.165, 1.54) is 6.20 Å². The first-order valence-corrected chi connectivity index (χ1v) is 4.59. The van der Waals surface area contributed by atoms with Crippen molar-refractivity contribution in [2.75, 3.05) is 5.32 Å². The van der Waals surface area contributed by atoms with Crippen LogP contribution in [0.1, 0.15) is 5.56 Å². The van der Waals surface area contributed by atoms with Crippen LogP contribution in [-0.4, -0.2) is 21.1 Å².